The third-order valence-corrected chi connectivity index (χ3v) is 5.08. The van der Waals surface area contributed by atoms with Crippen LogP contribution in [0.5, 0.6) is 0 Å². The van der Waals surface area contributed by atoms with Crippen molar-refractivity contribution in [2.75, 3.05) is 39.3 Å². The number of carbonyl (C=O) groups excluding carboxylic acids is 1. The molecule has 0 aliphatic carbocycles. The second kappa shape index (κ2) is 12.0. The number of aliphatic imine (C=N–C) groups is 1. The van der Waals surface area contributed by atoms with E-state index in [1.54, 1.807) is 0 Å². The molecule has 0 saturated carbocycles. The van der Waals surface area contributed by atoms with Crippen LogP contribution in [0.2, 0.25) is 0 Å². The monoisotopic (exact) mass is 408 g/mol. The fourth-order valence-electron chi connectivity index (χ4n) is 3.53. The number of likely N-dealkylation sites (tertiary alicyclic amines) is 1. The third kappa shape index (κ3) is 6.88. The highest BCUT2D eigenvalue weighted by atomic mass is 16.5. The predicted octanol–water partition coefficient (Wildman–Crippen LogP) is 2.92. The van der Waals surface area contributed by atoms with E-state index in [0.717, 1.165) is 38.6 Å². The van der Waals surface area contributed by atoms with Gasteiger partial charge in [0.25, 0.3) is 5.91 Å². The molecule has 1 aliphatic heterocycles. The Kier molecular flexibility index (Phi) is 8.72. The summed E-state index contributed by atoms with van der Waals surface area (Å²) >= 11 is 0. The topological polar surface area (TPSA) is 66.0 Å². The van der Waals surface area contributed by atoms with Gasteiger partial charge in [0.15, 0.2) is 5.96 Å². The molecule has 6 heteroatoms. The molecule has 6 nitrogen and oxygen atoms in total. The van der Waals surface area contributed by atoms with Crippen molar-refractivity contribution in [3.8, 4) is 0 Å². The lowest BCUT2D eigenvalue weighted by molar-refractivity contribution is 0.0906. The molecule has 0 spiro atoms. The molecule has 2 aromatic carbocycles. The average Bonchev–Trinajstić information content (AvgIpc) is 3.26. The third-order valence-electron chi connectivity index (χ3n) is 5.08. The summed E-state index contributed by atoms with van der Waals surface area (Å²) in [6.07, 6.45) is 1.10. The zero-order valence-electron chi connectivity index (χ0n) is 17.7. The summed E-state index contributed by atoms with van der Waals surface area (Å²) in [5.74, 6) is 1.36. The highest BCUT2D eigenvalue weighted by Crippen LogP contribution is 2.17. The number of ether oxygens (including phenoxy) is 1. The van der Waals surface area contributed by atoms with Gasteiger partial charge in [-0.3, -0.25) is 9.79 Å². The minimum atomic E-state index is -0.0624. The molecule has 0 bridgehead atoms. The summed E-state index contributed by atoms with van der Waals surface area (Å²) in [5, 5.41) is 6.30. The van der Waals surface area contributed by atoms with Gasteiger partial charge in [-0.2, -0.15) is 0 Å². The Balaban J connectivity index is 1.41. The largest absolute Gasteiger partial charge is 0.376 e. The van der Waals surface area contributed by atoms with E-state index in [4.69, 9.17) is 9.73 Å². The first-order chi connectivity index (χ1) is 14.8. The zero-order chi connectivity index (χ0) is 21.0. The highest BCUT2D eigenvalue weighted by Gasteiger charge is 2.24. The van der Waals surface area contributed by atoms with E-state index < -0.39 is 0 Å². The number of guanidine groups is 1. The molecule has 1 saturated heterocycles. The highest BCUT2D eigenvalue weighted by molar-refractivity contribution is 5.94. The Morgan fingerprint density at radius 2 is 1.83 bits per heavy atom. The Labute approximate surface area is 179 Å². The van der Waals surface area contributed by atoms with Crippen LogP contribution >= 0.6 is 0 Å². The van der Waals surface area contributed by atoms with Crippen molar-refractivity contribution in [2.24, 2.45) is 10.9 Å². The SMILES string of the molecule is CCNC(=NCCNC(=O)c1ccccc1)N1CCC(COCc2ccccc2)C1. The first-order valence-corrected chi connectivity index (χ1v) is 10.7. The van der Waals surface area contributed by atoms with Gasteiger partial charge in [0, 0.05) is 37.7 Å². The Morgan fingerprint density at radius 1 is 1.10 bits per heavy atom. The molecular weight excluding hydrogens is 376 g/mol. The van der Waals surface area contributed by atoms with Crippen LogP contribution in [0.3, 0.4) is 0 Å². The summed E-state index contributed by atoms with van der Waals surface area (Å²) < 4.78 is 5.92. The number of amides is 1. The molecule has 1 unspecified atom stereocenters. The van der Waals surface area contributed by atoms with Gasteiger partial charge in [-0.25, -0.2) is 0 Å². The number of rotatable bonds is 9. The molecule has 1 aliphatic rings. The minimum Gasteiger partial charge on any atom is -0.376 e. The Morgan fingerprint density at radius 3 is 2.57 bits per heavy atom. The fourth-order valence-corrected chi connectivity index (χ4v) is 3.53. The smallest absolute Gasteiger partial charge is 0.251 e. The van der Waals surface area contributed by atoms with Crippen molar-refractivity contribution in [3.63, 3.8) is 0 Å². The molecule has 2 aromatic rings. The van der Waals surface area contributed by atoms with E-state index >= 15 is 0 Å². The first-order valence-electron chi connectivity index (χ1n) is 10.7. The van der Waals surface area contributed by atoms with Gasteiger partial charge in [-0.05, 0) is 31.0 Å². The van der Waals surface area contributed by atoms with Crippen LogP contribution in [0.25, 0.3) is 0 Å². The maximum absolute atomic E-state index is 12.1. The van der Waals surface area contributed by atoms with Crippen molar-refractivity contribution >= 4 is 11.9 Å². The lowest BCUT2D eigenvalue weighted by Crippen LogP contribution is -2.40. The number of benzene rings is 2. The fraction of sp³-hybridized carbons (Fsp3) is 0.417. The quantitative estimate of drug-likeness (QED) is 0.380. The number of nitrogens with one attached hydrogen (secondary N) is 2. The van der Waals surface area contributed by atoms with Crippen molar-refractivity contribution in [3.05, 3.63) is 71.8 Å². The second-order valence-corrected chi connectivity index (χ2v) is 7.46. The van der Waals surface area contributed by atoms with E-state index in [2.05, 4.69) is 34.6 Å². The lowest BCUT2D eigenvalue weighted by Gasteiger charge is -2.21. The lowest BCUT2D eigenvalue weighted by atomic mass is 10.1. The van der Waals surface area contributed by atoms with Crippen LogP contribution < -0.4 is 10.6 Å². The molecule has 1 heterocycles. The molecule has 3 rings (SSSR count). The molecule has 30 heavy (non-hydrogen) atoms. The van der Waals surface area contributed by atoms with Crippen molar-refractivity contribution in [1.29, 1.82) is 0 Å². The van der Waals surface area contributed by atoms with E-state index in [1.165, 1.54) is 5.56 Å². The number of nitrogens with zero attached hydrogens (tertiary/aromatic N) is 2. The molecule has 2 N–H and O–H groups in total. The minimum absolute atomic E-state index is 0.0624. The summed E-state index contributed by atoms with van der Waals surface area (Å²) in [6, 6.07) is 19.5. The predicted molar refractivity (Wildman–Crippen MR) is 121 cm³/mol. The normalized spacial score (nSPS) is 16.5. The van der Waals surface area contributed by atoms with Crippen molar-refractivity contribution < 1.29 is 9.53 Å². The molecular formula is C24H32N4O2. The molecule has 1 fully saturated rings. The first kappa shape index (κ1) is 21.8. The van der Waals surface area contributed by atoms with Crippen LogP contribution in [-0.2, 0) is 11.3 Å². The standard InChI is InChI=1S/C24H32N4O2/c1-2-25-24(27-15-14-26-23(29)22-11-7-4-8-12-22)28-16-13-21(17-28)19-30-18-20-9-5-3-6-10-20/h3-12,21H,2,13-19H2,1H3,(H,25,27)(H,26,29). The molecule has 1 atom stereocenters. The van der Waals surface area contributed by atoms with Crippen LogP contribution in [0, 0.1) is 5.92 Å². The Hall–Kier alpha value is -2.86. The second-order valence-electron chi connectivity index (χ2n) is 7.46. The Bertz CT molecular complexity index is 795. The maximum Gasteiger partial charge on any atom is 0.251 e. The molecule has 1 amide bonds. The number of hydrogen-bond acceptors (Lipinski definition) is 3. The molecule has 0 aromatic heterocycles. The van der Waals surface area contributed by atoms with Crippen LogP contribution in [0.15, 0.2) is 65.7 Å². The van der Waals surface area contributed by atoms with Crippen molar-refractivity contribution in [2.45, 2.75) is 20.0 Å². The van der Waals surface area contributed by atoms with Crippen LogP contribution in [0.4, 0.5) is 0 Å². The van der Waals surface area contributed by atoms with Gasteiger partial charge in [0.2, 0.25) is 0 Å². The van der Waals surface area contributed by atoms with Crippen molar-refractivity contribution in [1.82, 2.24) is 15.5 Å². The van der Waals surface area contributed by atoms with Gasteiger partial charge in [0.1, 0.15) is 0 Å². The van der Waals surface area contributed by atoms with Crippen LogP contribution in [-0.4, -0.2) is 56.1 Å². The van der Waals surface area contributed by atoms with Gasteiger partial charge < -0.3 is 20.3 Å². The maximum atomic E-state index is 12.1. The van der Waals surface area contributed by atoms with Gasteiger partial charge in [0.05, 0.1) is 19.8 Å². The van der Waals surface area contributed by atoms with E-state index in [1.807, 2.05) is 48.5 Å². The van der Waals surface area contributed by atoms with Crippen LogP contribution in [0.1, 0.15) is 29.3 Å². The number of hydrogen-bond donors (Lipinski definition) is 2. The summed E-state index contributed by atoms with van der Waals surface area (Å²) in [5.41, 5.74) is 1.88. The summed E-state index contributed by atoms with van der Waals surface area (Å²) in [6.45, 7) is 7.29. The zero-order valence-corrected chi connectivity index (χ0v) is 17.7. The summed E-state index contributed by atoms with van der Waals surface area (Å²) in [7, 11) is 0. The molecule has 0 radical (unpaired) electrons. The van der Waals surface area contributed by atoms with E-state index in [-0.39, 0.29) is 5.91 Å². The van der Waals surface area contributed by atoms with E-state index in [9.17, 15) is 4.79 Å². The van der Waals surface area contributed by atoms with Gasteiger partial charge in [-0.15, -0.1) is 0 Å². The summed E-state index contributed by atoms with van der Waals surface area (Å²) in [4.78, 5) is 19.1. The van der Waals surface area contributed by atoms with E-state index in [0.29, 0.717) is 31.2 Å². The van der Waals surface area contributed by atoms with Gasteiger partial charge in [-0.1, -0.05) is 48.5 Å². The average molecular weight is 409 g/mol. The number of carbonyl (C=O) groups is 1. The van der Waals surface area contributed by atoms with Gasteiger partial charge >= 0.3 is 0 Å². The molecule has 160 valence electrons.